The summed E-state index contributed by atoms with van der Waals surface area (Å²) in [6.45, 7) is 18.6. The first kappa shape index (κ1) is 60.6. The number of ketones is 3. The van der Waals surface area contributed by atoms with Gasteiger partial charge in [0.05, 0.1) is 0 Å². The summed E-state index contributed by atoms with van der Waals surface area (Å²) in [4.78, 5) is 46.6. The molecule has 6 rings (SSSR count). The van der Waals surface area contributed by atoms with Crippen molar-refractivity contribution in [3.05, 3.63) is 89.5 Å². The first-order valence-electron chi connectivity index (χ1n) is 27.9. The number of hydrogen-bond donors (Lipinski definition) is 0. The molecule has 0 aromatic heterocycles. The fourth-order valence-corrected chi connectivity index (χ4v) is 14.8. The molecule has 70 heavy (non-hydrogen) atoms. The number of nitrogens with zero attached hydrogens (tertiary/aromatic N) is 4. The summed E-state index contributed by atoms with van der Waals surface area (Å²) < 4.78 is 4.29. The number of piperidine rings is 2. The molecule has 10 heteroatoms. The van der Waals surface area contributed by atoms with Crippen molar-refractivity contribution >= 4 is 75.6 Å². The number of hydrogen-bond acceptors (Lipinski definition) is 7. The van der Waals surface area contributed by atoms with E-state index in [0.717, 1.165) is 62.5 Å². The van der Waals surface area contributed by atoms with Crippen molar-refractivity contribution in [3.63, 3.8) is 0 Å². The Kier molecular flexibility index (Phi) is 33.4. The molecule has 0 atom stereocenters. The number of benzene rings is 3. The molecule has 0 radical (unpaired) electrons. The molecule has 7 nitrogen and oxygen atoms in total. The predicted octanol–water partition coefficient (Wildman–Crippen LogP) is 11.0. The van der Waals surface area contributed by atoms with Gasteiger partial charge in [0.25, 0.3) is 0 Å². The Morgan fingerprint density at radius 1 is 0.371 bits per heavy atom. The van der Waals surface area contributed by atoms with Gasteiger partial charge in [-0.3, -0.25) is 0 Å². The van der Waals surface area contributed by atoms with Crippen LogP contribution in [0.1, 0.15) is 187 Å². The third-order valence-electron chi connectivity index (χ3n) is 13.8. The van der Waals surface area contributed by atoms with Gasteiger partial charge in [-0.05, 0) is 0 Å². The van der Waals surface area contributed by atoms with Gasteiger partial charge in [-0.25, -0.2) is 0 Å². The second-order valence-electron chi connectivity index (χ2n) is 19.8. The number of unbranched alkanes of at least 4 members (excludes halogenated alkanes) is 9. The van der Waals surface area contributed by atoms with Crippen molar-refractivity contribution in [2.24, 2.45) is 0 Å². The van der Waals surface area contributed by atoms with E-state index in [0.29, 0.717) is 75.7 Å². The third kappa shape index (κ3) is 26.9. The molecular weight excluding hydrogens is 1060 g/mol. The predicted molar refractivity (Wildman–Crippen MR) is 304 cm³/mol. The molecule has 0 spiro atoms. The average Bonchev–Trinajstić information content (AvgIpc) is 3.40. The van der Waals surface area contributed by atoms with Gasteiger partial charge in [0, 0.05) is 0 Å². The summed E-state index contributed by atoms with van der Waals surface area (Å²) in [5.74, 6) is 0.894. The minimum atomic E-state index is 0.286. The van der Waals surface area contributed by atoms with Crippen LogP contribution >= 0.6 is 0 Å². The van der Waals surface area contributed by atoms with Gasteiger partial charge in [0.15, 0.2) is 0 Å². The first-order valence-corrected chi connectivity index (χ1v) is 34.1. The van der Waals surface area contributed by atoms with E-state index in [-0.39, 0.29) is 5.78 Å². The number of rotatable bonds is 30. The number of likely N-dealkylation sites (tertiary alicyclic amines) is 2. The Morgan fingerprint density at radius 2 is 0.657 bits per heavy atom. The van der Waals surface area contributed by atoms with Crippen LogP contribution in [0.25, 0.3) is 0 Å². The standard InChI is InChI=1S/C21H33NOSe.C20H31NOSe.C19H30N2OSe/c1-2-3-4-5-9-18-24-20-12-10-19(11-13-20)21(23)14-17-22-15-7-6-8-16-22;1-2-3-4-8-17-23-19-11-9-18(10-12-19)20(22)13-16-21-14-6-5-7-15-21;1-3-4-5-16-23-18-8-6-17(7-9-18)19(22)10-11-21-14-12-20(2)13-15-21/h10-13H,2-9,14-18H2,1H3;9-12H,2-8,13-17H2,1H3;6-9H,3-5,10-16H2,1-2H3. The molecule has 3 saturated heterocycles. The van der Waals surface area contributed by atoms with Crippen LogP contribution in [0.15, 0.2) is 72.8 Å². The third-order valence-corrected chi connectivity index (χ3v) is 20.7. The topological polar surface area (TPSA) is 64.2 Å². The molecule has 0 N–H and O–H groups in total. The molecule has 3 aromatic rings. The summed E-state index contributed by atoms with van der Waals surface area (Å²) in [5.41, 5.74) is 2.68. The van der Waals surface area contributed by atoms with E-state index in [2.05, 4.69) is 83.8 Å². The monoisotopic (exact) mass is 1160 g/mol. The van der Waals surface area contributed by atoms with Gasteiger partial charge < -0.3 is 0 Å². The molecule has 0 saturated carbocycles. The molecule has 3 fully saturated rings. The van der Waals surface area contributed by atoms with Crippen LogP contribution in [0, 0.1) is 0 Å². The Balaban J connectivity index is 0.000000228. The van der Waals surface area contributed by atoms with Crippen molar-refractivity contribution in [3.8, 4) is 0 Å². The fraction of sp³-hybridized carbons (Fsp3) is 0.650. The molecule has 390 valence electrons. The SMILES string of the molecule is CCCCCCC[Se]c1ccc(C(=O)CCN2CCCCC2)cc1.CCCCCC[Se]c1ccc(C(=O)CCN2CCCCC2)cc1.CCCCC[Se]c1ccc(C(=O)CCN2CCN(C)CC2)cc1. The molecule has 3 aliphatic rings. The fourth-order valence-electron chi connectivity index (χ4n) is 9.02. The molecular formula is C60H94N4O3Se3. The summed E-state index contributed by atoms with van der Waals surface area (Å²) in [5, 5.41) is 3.98. The van der Waals surface area contributed by atoms with Crippen molar-refractivity contribution in [1.82, 2.24) is 19.6 Å². The number of carbonyl (C=O) groups excluding carboxylic acids is 3. The maximum absolute atomic E-state index is 12.3. The molecule has 0 bridgehead atoms. The van der Waals surface area contributed by atoms with Crippen LogP contribution in [0.5, 0.6) is 0 Å². The molecule has 0 aliphatic carbocycles. The summed E-state index contributed by atoms with van der Waals surface area (Å²) in [6.07, 6.45) is 26.0. The summed E-state index contributed by atoms with van der Waals surface area (Å²) in [6, 6.07) is 25.3. The van der Waals surface area contributed by atoms with Crippen LogP contribution in [-0.2, 0) is 0 Å². The van der Waals surface area contributed by atoms with Crippen LogP contribution in [0.2, 0.25) is 16.0 Å². The Hall–Kier alpha value is -1.93. The number of carbonyl (C=O) groups is 3. The molecule has 3 aliphatic heterocycles. The van der Waals surface area contributed by atoms with Gasteiger partial charge in [0.2, 0.25) is 0 Å². The van der Waals surface area contributed by atoms with Crippen LogP contribution in [0.3, 0.4) is 0 Å². The zero-order chi connectivity index (χ0) is 49.9. The van der Waals surface area contributed by atoms with E-state index < -0.39 is 0 Å². The molecule has 0 amide bonds. The van der Waals surface area contributed by atoms with Crippen LogP contribution in [-0.4, -0.2) is 161 Å². The van der Waals surface area contributed by atoms with Crippen molar-refractivity contribution in [1.29, 1.82) is 0 Å². The molecule has 3 heterocycles. The maximum atomic E-state index is 12.3. The second kappa shape index (κ2) is 38.6. The minimum absolute atomic E-state index is 0.286. The zero-order valence-electron chi connectivity index (χ0n) is 44.4. The summed E-state index contributed by atoms with van der Waals surface area (Å²) >= 11 is 1.71. The summed E-state index contributed by atoms with van der Waals surface area (Å²) in [7, 11) is 2.16. The van der Waals surface area contributed by atoms with Gasteiger partial charge >= 0.3 is 450 Å². The number of likely N-dealkylation sites (N-methyl/N-ethyl adjacent to an activating group) is 1. The van der Waals surface area contributed by atoms with Gasteiger partial charge in [-0.1, -0.05) is 0 Å². The zero-order valence-corrected chi connectivity index (χ0v) is 49.6. The van der Waals surface area contributed by atoms with Crippen LogP contribution < -0.4 is 13.4 Å². The number of piperazine rings is 1. The molecule has 3 aromatic carbocycles. The molecule has 0 unspecified atom stereocenters. The normalized spacial score (nSPS) is 15.9. The number of Topliss-reactive ketones (excluding diaryl/α,β-unsaturated/α-hetero) is 3. The van der Waals surface area contributed by atoms with Gasteiger partial charge in [-0.15, -0.1) is 0 Å². The van der Waals surface area contributed by atoms with Gasteiger partial charge in [0.1, 0.15) is 0 Å². The van der Waals surface area contributed by atoms with E-state index >= 15 is 0 Å². The van der Waals surface area contributed by atoms with Crippen molar-refractivity contribution < 1.29 is 14.4 Å². The quantitative estimate of drug-likeness (QED) is 0.0374. The van der Waals surface area contributed by atoms with E-state index in [1.807, 2.05) is 36.4 Å². The van der Waals surface area contributed by atoms with E-state index in [9.17, 15) is 14.4 Å². The second-order valence-corrected chi connectivity index (χ2v) is 27.1. The Bertz CT molecular complexity index is 1810. The Morgan fingerprint density at radius 3 is 1.00 bits per heavy atom. The van der Waals surface area contributed by atoms with E-state index in [1.165, 1.54) is 171 Å². The van der Waals surface area contributed by atoms with Crippen molar-refractivity contribution in [2.45, 2.75) is 172 Å². The van der Waals surface area contributed by atoms with Gasteiger partial charge in [-0.2, -0.15) is 0 Å². The average molecular weight is 1160 g/mol. The Labute approximate surface area is 446 Å². The van der Waals surface area contributed by atoms with Crippen LogP contribution in [0.4, 0.5) is 0 Å². The first-order chi connectivity index (χ1) is 34.3. The van der Waals surface area contributed by atoms with E-state index in [4.69, 9.17) is 0 Å². The van der Waals surface area contributed by atoms with Crippen molar-refractivity contribution in [2.75, 3.05) is 79.0 Å². The van der Waals surface area contributed by atoms with E-state index in [1.54, 1.807) is 0 Å².